The summed E-state index contributed by atoms with van der Waals surface area (Å²) in [6.07, 6.45) is 0.276. The number of alkyl halides is 2. The van der Waals surface area contributed by atoms with E-state index < -0.39 is 5.92 Å². The molecule has 5 heteroatoms. The zero-order valence-corrected chi connectivity index (χ0v) is 7.19. The van der Waals surface area contributed by atoms with Crippen LogP contribution >= 0.6 is 11.6 Å². The van der Waals surface area contributed by atoms with Gasteiger partial charge < -0.3 is 5.21 Å². The molecule has 70 valence electrons. The van der Waals surface area contributed by atoms with Crippen LogP contribution in [0.3, 0.4) is 0 Å². The van der Waals surface area contributed by atoms with Crippen molar-refractivity contribution >= 4 is 16.8 Å². The maximum atomic E-state index is 12.6. The third kappa shape index (κ3) is 2.30. The second-order valence-corrected chi connectivity index (χ2v) is 3.44. The van der Waals surface area contributed by atoms with E-state index in [1.165, 1.54) is 0 Å². The van der Waals surface area contributed by atoms with E-state index in [-0.39, 0.29) is 23.9 Å². The Morgan fingerprint density at radius 2 is 1.92 bits per heavy atom. The van der Waals surface area contributed by atoms with E-state index in [2.05, 4.69) is 5.16 Å². The van der Waals surface area contributed by atoms with Gasteiger partial charge in [-0.15, -0.1) is 0 Å². The molecule has 0 unspecified atom stereocenters. The highest BCUT2D eigenvalue weighted by Crippen LogP contribution is 2.37. The highest BCUT2D eigenvalue weighted by molar-refractivity contribution is 6.65. The first-order valence-corrected chi connectivity index (χ1v) is 4.18. The quantitative estimate of drug-likeness (QED) is 0.391. The molecule has 0 bridgehead atoms. The molecule has 0 amide bonds. The molecule has 1 saturated carbocycles. The van der Waals surface area contributed by atoms with Crippen molar-refractivity contribution in [2.45, 2.75) is 31.6 Å². The molecule has 1 N–H and O–H groups in total. The first-order valence-electron chi connectivity index (χ1n) is 3.80. The van der Waals surface area contributed by atoms with Crippen LogP contribution in [0.4, 0.5) is 8.78 Å². The van der Waals surface area contributed by atoms with Crippen LogP contribution in [0.5, 0.6) is 0 Å². The van der Waals surface area contributed by atoms with Crippen molar-refractivity contribution in [1.29, 1.82) is 0 Å². The summed E-state index contributed by atoms with van der Waals surface area (Å²) in [5.74, 6) is -2.74. The Morgan fingerprint density at radius 3 is 2.33 bits per heavy atom. The van der Waals surface area contributed by atoms with Gasteiger partial charge in [0.2, 0.25) is 5.92 Å². The van der Waals surface area contributed by atoms with Crippen molar-refractivity contribution < 1.29 is 14.0 Å². The molecule has 0 saturated heterocycles. The normalized spacial score (nSPS) is 25.8. The number of hydrogen-bond donors (Lipinski definition) is 1. The molecule has 1 fully saturated rings. The second-order valence-electron chi connectivity index (χ2n) is 3.05. The summed E-state index contributed by atoms with van der Waals surface area (Å²) in [6, 6.07) is 0. The van der Waals surface area contributed by atoms with Crippen molar-refractivity contribution in [3.05, 3.63) is 0 Å². The molecule has 2 nitrogen and oxygen atoms in total. The Balaban J connectivity index is 2.47. The van der Waals surface area contributed by atoms with Crippen LogP contribution in [0, 0.1) is 5.92 Å². The van der Waals surface area contributed by atoms with Crippen molar-refractivity contribution in [3.8, 4) is 0 Å². The van der Waals surface area contributed by atoms with Gasteiger partial charge in [0, 0.05) is 18.8 Å². The topological polar surface area (TPSA) is 32.6 Å². The van der Waals surface area contributed by atoms with Gasteiger partial charge >= 0.3 is 0 Å². The van der Waals surface area contributed by atoms with E-state index in [1.807, 2.05) is 0 Å². The lowest BCUT2D eigenvalue weighted by atomic mass is 9.87. The van der Waals surface area contributed by atoms with Crippen molar-refractivity contribution in [1.82, 2.24) is 0 Å². The molecule has 1 aliphatic rings. The SMILES string of the molecule is O/N=C(\Cl)C1CCC(F)(F)CC1. The van der Waals surface area contributed by atoms with Gasteiger partial charge in [-0.05, 0) is 12.8 Å². The molecular weight excluding hydrogens is 188 g/mol. The van der Waals surface area contributed by atoms with E-state index in [4.69, 9.17) is 16.8 Å². The predicted octanol–water partition coefficient (Wildman–Crippen LogP) is 2.84. The van der Waals surface area contributed by atoms with Gasteiger partial charge in [-0.25, -0.2) is 8.78 Å². The maximum absolute atomic E-state index is 12.6. The molecule has 0 heterocycles. The molecule has 0 aromatic heterocycles. The van der Waals surface area contributed by atoms with Crippen LogP contribution in [0.25, 0.3) is 0 Å². The van der Waals surface area contributed by atoms with Gasteiger partial charge in [-0.2, -0.15) is 0 Å². The van der Waals surface area contributed by atoms with Crippen LogP contribution < -0.4 is 0 Å². The summed E-state index contributed by atoms with van der Waals surface area (Å²) < 4.78 is 25.2. The third-order valence-electron chi connectivity index (χ3n) is 2.15. The minimum absolute atomic E-state index is 0.0468. The van der Waals surface area contributed by atoms with Crippen molar-refractivity contribution in [2.24, 2.45) is 11.1 Å². The van der Waals surface area contributed by atoms with Gasteiger partial charge in [-0.1, -0.05) is 16.8 Å². The minimum Gasteiger partial charge on any atom is -0.410 e. The third-order valence-corrected chi connectivity index (χ3v) is 2.53. The standard InChI is InChI=1S/C7H10ClF2NO/c8-6(11-12)5-1-3-7(9,10)4-2-5/h5,12H,1-4H2/b11-6-. The van der Waals surface area contributed by atoms with E-state index in [0.29, 0.717) is 12.8 Å². The van der Waals surface area contributed by atoms with Gasteiger partial charge in [-0.3, -0.25) is 0 Å². The summed E-state index contributed by atoms with van der Waals surface area (Å²) in [5.41, 5.74) is 0. The Hall–Kier alpha value is -0.380. The second kappa shape index (κ2) is 3.56. The summed E-state index contributed by atoms with van der Waals surface area (Å²) in [7, 11) is 0. The number of hydrogen-bond acceptors (Lipinski definition) is 2. The van der Waals surface area contributed by atoms with Crippen molar-refractivity contribution in [3.63, 3.8) is 0 Å². The van der Waals surface area contributed by atoms with Gasteiger partial charge in [0.05, 0.1) is 0 Å². The lowest BCUT2D eigenvalue weighted by molar-refractivity contribution is -0.0393. The first-order chi connectivity index (χ1) is 5.55. The molecule has 0 spiro atoms. The van der Waals surface area contributed by atoms with Crippen LogP contribution in [0.2, 0.25) is 0 Å². The number of oxime groups is 1. The molecule has 0 aromatic rings. The van der Waals surface area contributed by atoms with Crippen LogP contribution in [-0.4, -0.2) is 16.3 Å². The molecule has 1 aliphatic carbocycles. The molecule has 1 rings (SSSR count). The van der Waals surface area contributed by atoms with Gasteiger partial charge in [0.1, 0.15) is 5.17 Å². The molecule has 0 aliphatic heterocycles. The van der Waals surface area contributed by atoms with E-state index >= 15 is 0 Å². The average molecular weight is 198 g/mol. The van der Waals surface area contributed by atoms with Crippen LogP contribution in [-0.2, 0) is 0 Å². The number of nitrogens with zero attached hydrogens (tertiary/aromatic N) is 1. The van der Waals surface area contributed by atoms with Crippen LogP contribution in [0.1, 0.15) is 25.7 Å². The Bertz CT molecular complexity index is 186. The Morgan fingerprint density at radius 1 is 1.42 bits per heavy atom. The summed E-state index contributed by atoms with van der Waals surface area (Å²) in [5, 5.41) is 11.1. The summed E-state index contributed by atoms with van der Waals surface area (Å²) >= 11 is 5.49. The fourth-order valence-electron chi connectivity index (χ4n) is 1.36. The van der Waals surface area contributed by atoms with E-state index in [9.17, 15) is 8.78 Å². The molecule has 0 atom stereocenters. The summed E-state index contributed by atoms with van der Waals surface area (Å²) in [6.45, 7) is 0. The highest BCUT2D eigenvalue weighted by Gasteiger charge is 2.36. The minimum atomic E-state index is -2.55. The van der Waals surface area contributed by atoms with Gasteiger partial charge in [0.25, 0.3) is 0 Å². The Kier molecular flexibility index (Phi) is 2.88. The number of rotatable bonds is 1. The zero-order chi connectivity index (χ0) is 9.19. The summed E-state index contributed by atoms with van der Waals surface area (Å²) in [4.78, 5) is 0. The molecular formula is C7H10ClF2NO. The Labute approximate surface area is 74.2 Å². The monoisotopic (exact) mass is 197 g/mol. The number of halogens is 3. The zero-order valence-electron chi connectivity index (χ0n) is 6.43. The highest BCUT2D eigenvalue weighted by atomic mass is 35.5. The van der Waals surface area contributed by atoms with E-state index in [1.54, 1.807) is 0 Å². The van der Waals surface area contributed by atoms with Crippen LogP contribution in [0.15, 0.2) is 5.16 Å². The first kappa shape index (κ1) is 9.71. The fraction of sp³-hybridized carbons (Fsp3) is 0.857. The average Bonchev–Trinajstić information content (AvgIpc) is 2.03. The lowest BCUT2D eigenvalue weighted by Crippen LogP contribution is -2.27. The smallest absolute Gasteiger partial charge is 0.248 e. The molecule has 0 aromatic carbocycles. The predicted molar refractivity (Wildman–Crippen MR) is 42.0 cm³/mol. The van der Waals surface area contributed by atoms with E-state index in [0.717, 1.165) is 0 Å². The maximum Gasteiger partial charge on any atom is 0.248 e. The molecule has 0 radical (unpaired) electrons. The van der Waals surface area contributed by atoms with Gasteiger partial charge in [0.15, 0.2) is 0 Å². The molecule has 12 heavy (non-hydrogen) atoms. The largest absolute Gasteiger partial charge is 0.410 e. The van der Waals surface area contributed by atoms with Crippen molar-refractivity contribution in [2.75, 3.05) is 0 Å². The lowest BCUT2D eigenvalue weighted by Gasteiger charge is -2.26. The fourth-order valence-corrected chi connectivity index (χ4v) is 1.58.